The molecule has 1 atom stereocenters. The summed E-state index contributed by atoms with van der Waals surface area (Å²) in [6, 6.07) is 0. The van der Waals surface area contributed by atoms with Gasteiger partial charge in [0, 0.05) is 19.3 Å². The van der Waals surface area contributed by atoms with E-state index < -0.39 is 6.10 Å². The maximum atomic E-state index is 12.8. The van der Waals surface area contributed by atoms with E-state index in [2.05, 4.69) is 69.4 Å². The Bertz CT molecular complexity index is 1060. The minimum atomic E-state index is -0.779. The van der Waals surface area contributed by atoms with E-state index in [1.54, 1.807) is 0 Å². The van der Waals surface area contributed by atoms with Crippen molar-refractivity contribution < 1.29 is 28.6 Å². The Morgan fingerprint density at radius 2 is 0.650 bits per heavy atom. The molecular weight excluding hydrogens is 745 g/mol. The van der Waals surface area contributed by atoms with Crippen molar-refractivity contribution in [3.8, 4) is 0 Å². The van der Waals surface area contributed by atoms with Gasteiger partial charge in [0.1, 0.15) is 13.2 Å². The van der Waals surface area contributed by atoms with Crippen LogP contribution in [0.5, 0.6) is 0 Å². The van der Waals surface area contributed by atoms with Crippen LogP contribution < -0.4 is 0 Å². The van der Waals surface area contributed by atoms with Crippen LogP contribution in [0.3, 0.4) is 0 Å². The van der Waals surface area contributed by atoms with Gasteiger partial charge in [-0.25, -0.2) is 0 Å². The second-order valence-electron chi connectivity index (χ2n) is 17.1. The fraction of sp³-hybridized carbons (Fsp3) is 0.796. The topological polar surface area (TPSA) is 78.9 Å². The second-order valence-corrected chi connectivity index (χ2v) is 17.1. The Labute approximate surface area is 371 Å². The molecule has 0 spiro atoms. The first kappa shape index (κ1) is 57.4. The van der Waals surface area contributed by atoms with Gasteiger partial charge in [-0.15, -0.1) is 0 Å². The molecule has 0 fully saturated rings. The van der Waals surface area contributed by atoms with Crippen LogP contribution in [-0.4, -0.2) is 37.2 Å². The standard InChI is InChI=1S/C54H96O6/c1-4-7-10-13-16-19-22-24-25-26-27-28-29-31-32-35-38-41-44-47-53(56)59-50-51(49-58-52(55)46-43-40-37-34-21-18-15-12-9-6-3)60-54(57)48-45-42-39-36-33-30-23-20-17-14-11-8-5-2/h7,10,16,19,24-25,30,33,51H,4-6,8-9,11-15,17-18,20-23,26-29,31-32,34-50H2,1-3H3/b10-7-,19-16-,25-24-,33-30-. The lowest BCUT2D eigenvalue weighted by Gasteiger charge is -2.18. The van der Waals surface area contributed by atoms with E-state index in [9.17, 15) is 14.4 Å². The Hall–Kier alpha value is -2.63. The van der Waals surface area contributed by atoms with Gasteiger partial charge in [-0.05, 0) is 77.0 Å². The average molecular weight is 841 g/mol. The van der Waals surface area contributed by atoms with Gasteiger partial charge in [0.25, 0.3) is 0 Å². The van der Waals surface area contributed by atoms with Gasteiger partial charge < -0.3 is 14.2 Å². The van der Waals surface area contributed by atoms with E-state index in [-0.39, 0.29) is 31.1 Å². The molecule has 0 aliphatic rings. The molecule has 0 aromatic rings. The average Bonchev–Trinajstić information content (AvgIpc) is 3.24. The maximum absolute atomic E-state index is 12.8. The quantitative estimate of drug-likeness (QED) is 0.0263. The molecule has 6 heteroatoms. The highest BCUT2D eigenvalue weighted by Gasteiger charge is 2.19. The smallest absolute Gasteiger partial charge is 0.306 e. The Morgan fingerprint density at radius 1 is 0.350 bits per heavy atom. The number of ether oxygens (including phenoxy) is 3. The predicted molar refractivity (Wildman–Crippen MR) is 256 cm³/mol. The zero-order valence-corrected chi connectivity index (χ0v) is 39.7. The normalized spacial score (nSPS) is 12.4. The molecule has 0 rings (SSSR count). The zero-order valence-electron chi connectivity index (χ0n) is 39.7. The third-order valence-electron chi connectivity index (χ3n) is 11.1. The highest BCUT2D eigenvalue weighted by atomic mass is 16.6. The summed E-state index contributed by atoms with van der Waals surface area (Å²) in [6.45, 7) is 6.50. The highest BCUT2D eigenvalue weighted by Crippen LogP contribution is 2.15. The summed E-state index contributed by atoms with van der Waals surface area (Å²) in [4.78, 5) is 37.9. The molecule has 0 heterocycles. The molecule has 0 radical (unpaired) electrons. The molecule has 0 aliphatic carbocycles. The highest BCUT2D eigenvalue weighted by molar-refractivity contribution is 5.71. The lowest BCUT2D eigenvalue weighted by atomic mass is 10.1. The number of allylic oxidation sites excluding steroid dienone is 8. The van der Waals surface area contributed by atoms with Gasteiger partial charge in [-0.3, -0.25) is 14.4 Å². The number of rotatable bonds is 46. The van der Waals surface area contributed by atoms with Crippen molar-refractivity contribution in [2.24, 2.45) is 0 Å². The van der Waals surface area contributed by atoms with E-state index in [0.717, 1.165) is 89.9 Å². The van der Waals surface area contributed by atoms with Gasteiger partial charge in [0.2, 0.25) is 0 Å². The SMILES string of the molecule is CC/C=C\C/C=C\C/C=C\CCCCCCCCCCCC(=O)OCC(COC(=O)CCCCCCCCCCCC)OC(=O)CCCCC/C=C\CCCCCCCC. The molecule has 0 aromatic heterocycles. The molecule has 0 N–H and O–H groups in total. The minimum absolute atomic E-state index is 0.0786. The largest absolute Gasteiger partial charge is 0.462 e. The summed E-state index contributed by atoms with van der Waals surface area (Å²) < 4.78 is 16.8. The van der Waals surface area contributed by atoms with Crippen LogP contribution in [-0.2, 0) is 28.6 Å². The van der Waals surface area contributed by atoms with Gasteiger partial charge >= 0.3 is 17.9 Å². The Balaban J connectivity index is 4.32. The first-order chi connectivity index (χ1) is 29.5. The van der Waals surface area contributed by atoms with Gasteiger partial charge in [0.05, 0.1) is 0 Å². The number of esters is 3. The Kier molecular flexibility index (Phi) is 46.9. The fourth-order valence-corrected chi connectivity index (χ4v) is 7.22. The first-order valence-corrected chi connectivity index (χ1v) is 25.6. The predicted octanol–water partition coefficient (Wildman–Crippen LogP) is 16.7. The van der Waals surface area contributed by atoms with Crippen LogP contribution in [0.15, 0.2) is 48.6 Å². The first-order valence-electron chi connectivity index (χ1n) is 25.6. The molecule has 0 saturated carbocycles. The van der Waals surface area contributed by atoms with E-state index in [1.807, 2.05) is 0 Å². The molecule has 0 bridgehead atoms. The lowest BCUT2D eigenvalue weighted by molar-refractivity contribution is -0.167. The van der Waals surface area contributed by atoms with Gasteiger partial charge in [0.15, 0.2) is 6.10 Å². The summed E-state index contributed by atoms with van der Waals surface area (Å²) >= 11 is 0. The third-order valence-corrected chi connectivity index (χ3v) is 11.1. The van der Waals surface area contributed by atoms with Crippen LogP contribution in [0.1, 0.15) is 258 Å². The van der Waals surface area contributed by atoms with E-state index in [1.165, 1.54) is 128 Å². The molecule has 0 aliphatic heterocycles. The summed E-state index contributed by atoms with van der Waals surface area (Å²) in [7, 11) is 0. The monoisotopic (exact) mass is 841 g/mol. The minimum Gasteiger partial charge on any atom is -0.462 e. The van der Waals surface area contributed by atoms with Gasteiger partial charge in [-0.2, -0.15) is 0 Å². The summed E-state index contributed by atoms with van der Waals surface area (Å²) in [5.41, 5.74) is 0. The molecule has 348 valence electrons. The van der Waals surface area contributed by atoms with Crippen molar-refractivity contribution in [3.63, 3.8) is 0 Å². The van der Waals surface area contributed by atoms with Crippen LogP contribution in [0.2, 0.25) is 0 Å². The van der Waals surface area contributed by atoms with Gasteiger partial charge in [-0.1, -0.05) is 211 Å². The van der Waals surface area contributed by atoms with Crippen LogP contribution in [0.4, 0.5) is 0 Å². The third kappa shape index (κ3) is 46.4. The van der Waals surface area contributed by atoms with Crippen LogP contribution in [0.25, 0.3) is 0 Å². The van der Waals surface area contributed by atoms with E-state index in [4.69, 9.17) is 14.2 Å². The Morgan fingerprint density at radius 3 is 1.05 bits per heavy atom. The zero-order chi connectivity index (χ0) is 43.7. The number of carbonyl (C=O) groups is 3. The molecular formula is C54H96O6. The van der Waals surface area contributed by atoms with E-state index in [0.29, 0.717) is 19.3 Å². The molecule has 0 amide bonds. The fourth-order valence-electron chi connectivity index (χ4n) is 7.22. The number of hydrogen-bond acceptors (Lipinski definition) is 6. The van der Waals surface area contributed by atoms with E-state index >= 15 is 0 Å². The molecule has 60 heavy (non-hydrogen) atoms. The summed E-state index contributed by atoms with van der Waals surface area (Å²) in [5.74, 6) is -0.896. The van der Waals surface area contributed by atoms with Crippen molar-refractivity contribution in [3.05, 3.63) is 48.6 Å². The number of hydrogen-bond donors (Lipinski definition) is 0. The van der Waals surface area contributed by atoms with Crippen molar-refractivity contribution in [1.82, 2.24) is 0 Å². The molecule has 1 unspecified atom stereocenters. The van der Waals surface area contributed by atoms with Crippen molar-refractivity contribution in [2.75, 3.05) is 13.2 Å². The molecule has 0 saturated heterocycles. The summed E-state index contributed by atoms with van der Waals surface area (Å²) in [6.07, 6.45) is 58.1. The van der Waals surface area contributed by atoms with Crippen molar-refractivity contribution >= 4 is 17.9 Å². The van der Waals surface area contributed by atoms with Crippen molar-refractivity contribution in [2.45, 2.75) is 264 Å². The lowest BCUT2D eigenvalue weighted by Crippen LogP contribution is -2.30. The second kappa shape index (κ2) is 49.0. The van der Waals surface area contributed by atoms with Crippen LogP contribution >= 0.6 is 0 Å². The van der Waals surface area contributed by atoms with Crippen molar-refractivity contribution in [1.29, 1.82) is 0 Å². The summed E-state index contributed by atoms with van der Waals surface area (Å²) in [5, 5.41) is 0. The maximum Gasteiger partial charge on any atom is 0.306 e. The number of unbranched alkanes of at least 4 members (excludes halogenated alkanes) is 27. The molecule has 0 aromatic carbocycles. The van der Waals surface area contributed by atoms with Crippen LogP contribution in [0, 0.1) is 0 Å². The molecule has 6 nitrogen and oxygen atoms in total. The number of carbonyl (C=O) groups excluding carboxylic acids is 3.